The standard InChI is InChI=1S/C15H23N3O.C10H12FNO.2C9H11Cl2N.C9H10Cl2O.C9H12ClN/c1-12(2)16-15(19)13-4-6-14(7-5-13)18-10-8-17(3)9-11-18;1-7(2)12-10(13)8-3-5-9(11)6-4-8;1-6(2)12-9-4-7(10)3-8(11)5-9;1-6(2)12-7-3-4-8(10)9(11)5-7;1-5(2)6-3-7(10)9(12)8(11)4-6;1-7(2)11-9-5-3-4-8(10)6-9/h4-7,12H,8-11H2,1-3H3,(H,16,19);3-7H,1-2H3,(H,12,13);2*3-6,12H,1-2H3;3-5,12H,1-2H3;3-7,11H,1-2H3. The fraction of sp³-hybridized carbons (Fsp3) is 0.377. The number of piperazine rings is 1. The Morgan fingerprint density at radius 1 is 0.468 bits per heavy atom. The van der Waals surface area contributed by atoms with Crippen molar-refractivity contribution in [2.24, 2.45) is 0 Å². The highest BCUT2D eigenvalue weighted by molar-refractivity contribution is 6.42. The van der Waals surface area contributed by atoms with Crippen LogP contribution in [-0.2, 0) is 0 Å². The van der Waals surface area contributed by atoms with Gasteiger partial charge >= 0.3 is 0 Å². The van der Waals surface area contributed by atoms with E-state index in [0.717, 1.165) is 59.4 Å². The SMILES string of the molecule is CC(C)NC(=O)c1ccc(F)cc1.CC(C)NC(=O)c1ccc(N2CCN(C)CC2)cc1.CC(C)Nc1cc(Cl)cc(Cl)c1.CC(C)Nc1ccc(Cl)c(Cl)c1.CC(C)Nc1cccc(Cl)c1.CC(C)c1cc(Cl)c(O)c(Cl)c1. The molecule has 1 heterocycles. The monoisotopic (exact) mass is 1220 g/mol. The first-order chi connectivity index (χ1) is 37.0. The van der Waals surface area contributed by atoms with Crippen molar-refractivity contribution >= 4 is 116 Å². The topological polar surface area (TPSA) is 121 Å². The van der Waals surface area contributed by atoms with E-state index in [1.165, 1.54) is 30.0 Å². The van der Waals surface area contributed by atoms with E-state index in [9.17, 15) is 19.1 Å². The zero-order valence-electron chi connectivity index (χ0n) is 47.5. The second kappa shape index (κ2) is 36.5. The lowest BCUT2D eigenvalue weighted by Gasteiger charge is -2.34. The third-order valence-electron chi connectivity index (χ3n) is 10.6. The fourth-order valence-electron chi connectivity index (χ4n) is 6.90. The minimum absolute atomic E-state index is 0.0000671. The van der Waals surface area contributed by atoms with Gasteiger partial charge in [-0.1, -0.05) is 101 Å². The van der Waals surface area contributed by atoms with E-state index >= 15 is 0 Å². The van der Waals surface area contributed by atoms with E-state index in [1.807, 2.05) is 114 Å². The van der Waals surface area contributed by atoms with Crippen LogP contribution in [0.15, 0.2) is 121 Å². The van der Waals surface area contributed by atoms with Crippen molar-refractivity contribution in [1.82, 2.24) is 15.5 Å². The van der Waals surface area contributed by atoms with Gasteiger partial charge in [-0.3, -0.25) is 9.59 Å². The van der Waals surface area contributed by atoms with Crippen molar-refractivity contribution in [3.8, 4) is 5.75 Å². The molecule has 0 unspecified atom stereocenters. The van der Waals surface area contributed by atoms with Gasteiger partial charge in [0, 0.05) is 105 Å². The van der Waals surface area contributed by atoms with Crippen LogP contribution in [0.1, 0.15) is 115 Å². The molecule has 0 atom stereocenters. The molecule has 6 N–H and O–H groups in total. The molecule has 0 radical (unpaired) electrons. The van der Waals surface area contributed by atoms with Crippen molar-refractivity contribution < 1.29 is 19.1 Å². The predicted molar refractivity (Wildman–Crippen MR) is 341 cm³/mol. The molecular weight excluding hydrogens is 1150 g/mol. The van der Waals surface area contributed by atoms with Crippen LogP contribution in [0.5, 0.6) is 5.75 Å². The maximum absolute atomic E-state index is 12.5. The smallest absolute Gasteiger partial charge is 0.251 e. The van der Waals surface area contributed by atoms with Crippen LogP contribution in [-0.4, -0.2) is 85.3 Å². The average Bonchev–Trinajstić information content (AvgIpc) is 3.35. The van der Waals surface area contributed by atoms with E-state index in [2.05, 4.69) is 85.0 Å². The molecule has 2 amide bonds. The zero-order valence-corrected chi connectivity index (χ0v) is 52.8. The summed E-state index contributed by atoms with van der Waals surface area (Å²) in [6, 6.07) is 37.0. The van der Waals surface area contributed by atoms with Gasteiger partial charge in [-0.25, -0.2) is 4.39 Å². The van der Waals surface area contributed by atoms with Crippen LogP contribution in [0.25, 0.3) is 0 Å². The molecule has 7 rings (SSSR count). The third-order valence-corrected chi connectivity index (χ3v) is 12.6. The predicted octanol–water partition coefficient (Wildman–Crippen LogP) is 18.2. The van der Waals surface area contributed by atoms with Gasteiger partial charge in [0.15, 0.2) is 5.75 Å². The quantitative estimate of drug-likeness (QED) is 0.0717. The highest BCUT2D eigenvalue weighted by Crippen LogP contribution is 2.35. The number of halogens is 8. The molecule has 79 heavy (non-hydrogen) atoms. The van der Waals surface area contributed by atoms with E-state index < -0.39 is 0 Å². The number of nitrogens with one attached hydrogen (secondary N) is 5. The molecule has 0 aromatic heterocycles. The van der Waals surface area contributed by atoms with Crippen LogP contribution in [0.2, 0.25) is 35.2 Å². The number of hydrogen-bond donors (Lipinski definition) is 6. The first kappa shape index (κ1) is 70.3. The highest BCUT2D eigenvalue weighted by atomic mass is 35.5. The van der Waals surface area contributed by atoms with Gasteiger partial charge < -0.3 is 41.5 Å². The number of phenols is 1. The number of carbonyl (C=O) groups excluding carboxylic acids is 2. The molecule has 18 heteroatoms. The summed E-state index contributed by atoms with van der Waals surface area (Å²) < 4.78 is 12.5. The number of rotatable bonds is 12. The molecule has 1 fully saturated rings. The van der Waals surface area contributed by atoms with Crippen molar-refractivity contribution in [1.29, 1.82) is 0 Å². The molecule has 1 aliphatic rings. The van der Waals surface area contributed by atoms with Crippen molar-refractivity contribution in [3.05, 3.63) is 179 Å². The van der Waals surface area contributed by atoms with Crippen LogP contribution >= 0.6 is 81.2 Å². The van der Waals surface area contributed by atoms with Gasteiger partial charge in [-0.2, -0.15) is 0 Å². The fourth-order valence-corrected chi connectivity index (χ4v) is 8.42. The van der Waals surface area contributed by atoms with Crippen molar-refractivity contribution in [2.45, 2.75) is 119 Å². The summed E-state index contributed by atoms with van der Waals surface area (Å²) in [5, 5.41) is 28.5. The van der Waals surface area contributed by atoms with E-state index in [0.29, 0.717) is 59.7 Å². The van der Waals surface area contributed by atoms with Crippen LogP contribution < -0.4 is 31.5 Å². The molecule has 1 saturated heterocycles. The number of anilines is 4. The maximum atomic E-state index is 12.5. The summed E-state index contributed by atoms with van der Waals surface area (Å²) in [6.45, 7) is 28.5. The van der Waals surface area contributed by atoms with Gasteiger partial charge in [0.2, 0.25) is 0 Å². The number of likely N-dealkylation sites (N-methyl/N-ethyl adjacent to an activating group) is 1. The minimum Gasteiger partial charge on any atom is -0.505 e. The highest BCUT2D eigenvalue weighted by Gasteiger charge is 2.15. The van der Waals surface area contributed by atoms with Gasteiger partial charge in [-0.05, 0) is 203 Å². The van der Waals surface area contributed by atoms with Crippen LogP contribution in [0.4, 0.5) is 27.1 Å². The summed E-state index contributed by atoms with van der Waals surface area (Å²) >= 11 is 40.4. The molecule has 6 aromatic carbocycles. The minimum atomic E-state index is -0.332. The normalized spacial score (nSPS) is 11.9. The summed E-state index contributed by atoms with van der Waals surface area (Å²) in [5.74, 6) is -0.181. The molecule has 6 aromatic rings. The lowest BCUT2D eigenvalue weighted by Crippen LogP contribution is -2.44. The van der Waals surface area contributed by atoms with Crippen LogP contribution in [0, 0.1) is 5.82 Å². The maximum Gasteiger partial charge on any atom is 0.251 e. The van der Waals surface area contributed by atoms with E-state index in [4.69, 9.17) is 81.2 Å². The Kier molecular flexibility index (Phi) is 32.5. The number of amides is 2. The molecule has 0 aliphatic carbocycles. The first-order valence-electron chi connectivity index (χ1n) is 26.1. The van der Waals surface area contributed by atoms with Crippen molar-refractivity contribution in [2.75, 3.05) is 54.1 Å². The van der Waals surface area contributed by atoms with Gasteiger partial charge in [0.1, 0.15) is 5.82 Å². The van der Waals surface area contributed by atoms with E-state index in [-0.39, 0.29) is 35.5 Å². The molecule has 0 saturated carbocycles. The lowest BCUT2D eigenvalue weighted by molar-refractivity contribution is 0.0934. The molecule has 10 nitrogen and oxygen atoms in total. The van der Waals surface area contributed by atoms with E-state index in [1.54, 1.807) is 24.3 Å². The second-order valence-electron chi connectivity index (χ2n) is 20.3. The van der Waals surface area contributed by atoms with Crippen LogP contribution in [0.3, 0.4) is 0 Å². The first-order valence-corrected chi connectivity index (χ1v) is 28.7. The van der Waals surface area contributed by atoms with Crippen molar-refractivity contribution in [3.63, 3.8) is 0 Å². The lowest BCUT2D eigenvalue weighted by atomic mass is 10.0. The second-order valence-corrected chi connectivity index (χ2v) is 23.2. The number of hydrogen-bond acceptors (Lipinski definition) is 8. The Balaban J connectivity index is 0.000000328. The number of nitrogens with zero attached hydrogens (tertiary/aromatic N) is 2. The molecule has 0 spiro atoms. The Morgan fingerprint density at radius 2 is 0.899 bits per heavy atom. The molecule has 0 bridgehead atoms. The zero-order chi connectivity index (χ0) is 59.5. The Bertz CT molecular complexity index is 2710. The number of benzene rings is 6. The Morgan fingerprint density at radius 3 is 1.32 bits per heavy atom. The molecular formula is C61H79Cl7FN7O3. The molecule has 432 valence electrons. The van der Waals surface area contributed by atoms with Gasteiger partial charge in [0.05, 0.1) is 20.1 Å². The number of aromatic hydroxyl groups is 1. The van der Waals surface area contributed by atoms with Gasteiger partial charge in [0.25, 0.3) is 11.8 Å². The number of carbonyl (C=O) groups is 2. The molecule has 1 aliphatic heterocycles. The summed E-state index contributed by atoms with van der Waals surface area (Å²) in [6.07, 6.45) is 0. The average molecular weight is 1230 g/mol. The Hall–Kier alpha value is -4.82. The Labute approximate surface area is 505 Å². The third kappa shape index (κ3) is 29.5. The summed E-state index contributed by atoms with van der Waals surface area (Å²) in [7, 11) is 2.15. The summed E-state index contributed by atoms with van der Waals surface area (Å²) in [4.78, 5) is 27.9. The number of phenolic OH excluding ortho intramolecular Hbond substituents is 1. The van der Waals surface area contributed by atoms with Gasteiger partial charge in [-0.15, -0.1) is 0 Å². The largest absolute Gasteiger partial charge is 0.505 e. The summed E-state index contributed by atoms with van der Waals surface area (Å²) in [5.41, 5.74) is 6.48.